The number of carboxylic acids is 1. The van der Waals surface area contributed by atoms with E-state index in [1.807, 2.05) is 0 Å². The Bertz CT molecular complexity index is 537. The Kier molecular flexibility index (Phi) is 3.14. The van der Waals surface area contributed by atoms with Gasteiger partial charge in [-0.3, -0.25) is 4.68 Å². The third-order valence-electron chi connectivity index (χ3n) is 3.08. The van der Waals surface area contributed by atoms with Crippen LogP contribution in [0.2, 0.25) is 0 Å². The maximum atomic E-state index is 13.0. The highest BCUT2D eigenvalue weighted by atomic mass is 19.1. The van der Waals surface area contributed by atoms with Gasteiger partial charge in [0, 0.05) is 12.4 Å². The van der Waals surface area contributed by atoms with E-state index in [1.165, 1.54) is 35.1 Å². The zero-order valence-electron chi connectivity index (χ0n) is 9.88. The molecule has 0 radical (unpaired) electrons. The Labute approximate surface area is 104 Å². The van der Waals surface area contributed by atoms with Crippen LogP contribution in [0.3, 0.4) is 0 Å². The number of benzene rings is 1. The standard InChI is InChI=1S/C13H13FN2O2/c1-2-13(12(17)18,16-9-3-8-15-16)10-4-6-11(14)7-5-10/h3-9H,2H2,1H3,(H,17,18). The minimum absolute atomic E-state index is 0.315. The molecule has 4 nitrogen and oxygen atoms in total. The number of aromatic nitrogens is 2. The number of carboxylic acid groups (broad SMARTS) is 1. The monoisotopic (exact) mass is 248 g/mol. The van der Waals surface area contributed by atoms with E-state index in [9.17, 15) is 14.3 Å². The van der Waals surface area contributed by atoms with Crippen LogP contribution in [0, 0.1) is 5.82 Å². The third kappa shape index (κ3) is 1.77. The van der Waals surface area contributed by atoms with Crippen molar-refractivity contribution in [2.75, 3.05) is 0 Å². The first-order valence-corrected chi connectivity index (χ1v) is 5.61. The minimum atomic E-state index is -1.29. The average Bonchev–Trinajstić information content (AvgIpc) is 2.87. The highest BCUT2D eigenvalue weighted by molar-refractivity contribution is 5.81. The predicted molar refractivity (Wildman–Crippen MR) is 63.6 cm³/mol. The predicted octanol–water partition coefficient (Wildman–Crippen LogP) is 2.26. The number of aliphatic carboxylic acids is 1. The van der Waals surface area contributed by atoms with Crippen molar-refractivity contribution in [1.82, 2.24) is 9.78 Å². The molecule has 1 atom stereocenters. The minimum Gasteiger partial charge on any atom is -0.479 e. The van der Waals surface area contributed by atoms with E-state index >= 15 is 0 Å². The van der Waals surface area contributed by atoms with E-state index < -0.39 is 17.3 Å². The van der Waals surface area contributed by atoms with E-state index in [0.29, 0.717) is 12.0 Å². The summed E-state index contributed by atoms with van der Waals surface area (Å²) in [6.45, 7) is 1.76. The molecule has 1 N–H and O–H groups in total. The fourth-order valence-corrected chi connectivity index (χ4v) is 2.09. The van der Waals surface area contributed by atoms with Gasteiger partial charge in [0.2, 0.25) is 0 Å². The summed E-state index contributed by atoms with van der Waals surface area (Å²) in [4.78, 5) is 11.7. The van der Waals surface area contributed by atoms with Crippen LogP contribution in [-0.4, -0.2) is 20.9 Å². The quantitative estimate of drug-likeness (QED) is 0.902. The summed E-state index contributed by atoms with van der Waals surface area (Å²) in [5, 5.41) is 13.6. The van der Waals surface area contributed by atoms with Crippen molar-refractivity contribution in [3.8, 4) is 0 Å². The zero-order chi connectivity index (χ0) is 13.2. The number of halogens is 1. The molecule has 0 fully saturated rings. The van der Waals surface area contributed by atoms with Crippen molar-refractivity contribution in [2.24, 2.45) is 0 Å². The summed E-state index contributed by atoms with van der Waals surface area (Å²) in [5.74, 6) is -1.41. The van der Waals surface area contributed by atoms with Gasteiger partial charge in [0.05, 0.1) is 0 Å². The van der Waals surface area contributed by atoms with Crippen molar-refractivity contribution < 1.29 is 14.3 Å². The Morgan fingerprint density at radius 2 is 2.11 bits per heavy atom. The molecule has 0 spiro atoms. The van der Waals surface area contributed by atoms with E-state index in [2.05, 4.69) is 5.10 Å². The number of rotatable bonds is 4. The average molecular weight is 248 g/mol. The Hall–Kier alpha value is -2.17. The van der Waals surface area contributed by atoms with Gasteiger partial charge in [-0.1, -0.05) is 19.1 Å². The Morgan fingerprint density at radius 3 is 2.56 bits per heavy atom. The van der Waals surface area contributed by atoms with Crippen LogP contribution >= 0.6 is 0 Å². The second-order valence-electron chi connectivity index (χ2n) is 3.98. The Balaban J connectivity index is 2.62. The van der Waals surface area contributed by atoms with Gasteiger partial charge < -0.3 is 5.11 Å². The lowest BCUT2D eigenvalue weighted by Crippen LogP contribution is -2.43. The zero-order valence-corrected chi connectivity index (χ0v) is 9.88. The van der Waals surface area contributed by atoms with E-state index in [0.717, 1.165) is 0 Å². The van der Waals surface area contributed by atoms with Gasteiger partial charge >= 0.3 is 5.97 Å². The molecule has 2 rings (SSSR count). The molecule has 0 aliphatic carbocycles. The van der Waals surface area contributed by atoms with Gasteiger partial charge in [-0.15, -0.1) is 0 Å². The fourth-order valence-electron chi connectivity index (χ4n) is 2.09. The van der Waals surface area contributed by atoms with Gasteiger partial charge in [-0.05, 0) is 30.2 Å². The molecule has 0 aliphatic rings. The third-order valence-corrected chi connectivity index (χ3v) is 3.08. The summed E-state index contributed by atoms with van der Waals surface area (Å²) >= 11 is 0. The molecule has 94 valence electrons. The largest absolute Gasteiger partial charge is 0.479 e. The topological polar surface area (TPSA) is 55.1 Å². The van der Waals surface area contributed by atoms with Crippen LogP contribution < -0.4 is 0 Å². The second kappa shape index (κ2) is 4.60. The summed E-state index contributed by atoms with van der Waals surface area (Å²) < 4.78 is 14.3. The van der Waals surface area contributed by atoms with Crippen LogP contribution in [0.25, 0.3) is 0 Å². The summed E-state index contributed by atoms with van der Waals surface area (Å²) in [7, 11) is 0. The molecule has 0 bridgehead atoms. The van der Waals surface area contributed by atoms with Crippen molar-refractivity contribution >= 4 is 5.97 Å². The van der Waals surface area contributed by atoms with Crippen LogP contribution in [0.5, 0.6) is 0 Å². The maximum Gasteiger partial charge on any atom is 0.336 e. The molecule has 1 unspecified atom stereocenters. The van der Waals surface area contributed by atoms with Crippen molar-refractivity contribution in [3.63, 3.8) is 0 Å². The van der Waals surface area contributed by atoms with Crippen LogP contribution in [-0.2, 0) is 10.3 Å². The number of hydrogen-bond acceptors (Lipinski definition) is 2. The van der Waals surface area contributed by atoms with Gasteiger partial charge in [0.1, 0.15) is 5.82 Å². The normalized spacial score (nSPS) is 14.1. The molecule has 0 amide bonds. The molecular weight excluding hydrogens is 235 g/mol. The Morgan fingerprint density at radius 1 is 1.44 bits per heavy atom. The lowest BCUT2D eigenvalue weighted by atomic mass is 9.87. The first-order chi connectivity index (χ1) is 8.61. The molecule has 1 aromatic carbocycles. The van der Waals surface area contributed by atoms with Gasteiger partial charge in [-0.2, -0.15) is 5.10 Å². The number of hydrogen-bond donors (Lipinski definition) is 1. The van der Waals surface area contributed by atoms with Crippen molar-refractivity contribution in [3.05, 3.63) is 54.1 Å². The SMILES string of the molecule is CCC(C(=O)O)(c1ccc(F)cc1)n1cccn1. The van der Waals surface area contributed by atoms with Gasteiger partial charge in [-0.25, -0.2) is 9.18 Å². The van der Waals surface area contributed by atoms with Crippen LogP contribution in [0.15, 0.2) is 42.7 Å². The molecule has 5 heteroatoms. The van der Waals surface area contributed by atoms with Crippen molar-refractivity contribution in [1.29, 1.82) is 0 Å². The number of carbonyl (C=O) groups is 1. The lowest BCUT2D eigenvalue weighted by Gasteiger charge is -2.29. The van der Waals surface area contributed by atoms with Crippen LogP contribution in [0.1, 0.15) is 18.9 Å². The summed E-state index contributed by atoms with van der Waals surface area (Å²) in [6, 6.07) is 7.14. The molecule has 0 saturated carbocycles. The van der Waals surface area contributed by atoms with E-state index in [1.54, 1.807) is 19.2 Å². The molecule has 2 aromatic rings. The van der Waals surface area contributed by atoms with Crippen LogP contribution in [0.4, 0.5) is 4.39 Å². The highest BCUT2D eigenvalue weighted by Gasteiger charge is 2.41. The highest BCUT2D eigenvalue weighted by Crippen LogP contribution is 2.30. The first kappa shape index (κ1) is 12.3. The molecular formula is C13H13FN2O2. The molecule has 18 heavy (non-hydrogen) atoms. The second-order valence-corrected chi connectivity index (χ2v) is 3.98. The maximum absolute atomic E-state index is 13.0. The van der Waals surface area contributed by atoms with Gasteiger partial charge in [0.15, 0.2) is 5.54 Å². The molecule has 1 heterocycles. The summed E-state index contributed by atoms with van der Waals surface area (Å²) in [6.07, 6.45) is 3.44. The smallest absolute Gasteiger partial charge is 0.336 e. The van der Waals surface area contributed by atoms with Crippen molar-refractivity contribution in [2.45, 2.75) is 18.9 Å². The molecule has 1 aromatic heterocycles. The van der Waals surface area contributed by atoms with E-state index in [-0.39, 0.29) is 0 Å². The number of nitrogens with zero attached hydrogens (tertiary/aromatic N) is 2. The first-order valence-electron chi connectivity index (χ1n) is 5.61. The fraction of sp³-hybridized carbons (Fsp3) is 0.231. The lowest BCUT2D eigenvalue weighted by molar-refractivity contribution is -0.146. The summed E-state index contributed by atoms with van der Waals surface area (Å²) in [5.41, 5.74) is -0.792. The molecule has 0 aliphatic heterocycles. The van der Waals surface area contributed by atoms with E-state index in [4.69, 9.17) is 0 Å². The molecule has 0 saturated heterocycles. The van der Waals surface area contributed by atoms with Gasteiger partial charge in [0.25, 0.3) is 0 Å².